The third-order valence-corrected chi connectivity index (χ3v) is 11.6. The van der Waals surface area contributed by atoms with Crippen LogP contribution >= 0.6 is 11.6 Å². The molecule has 1 aromatic heterocycles. The van der Waals surface area contributed by atoms with Crippen LogP contribution in [0.2, 0.25) is 5.02 Å². The molecular formula is C38H45ClN2O5. The molecule has 0 bridgehead atoms. The zero-order valence-corrected chi connectivity index (χ0v) is 27.9. The van der Waals surface area contributed by atoms with Gasteiger partial charge in [-0.15, -0.1) is 0 Å². The van der Waals surface area contributed by atoms with Crippen molar-refractivity contribution in [2.75, 3.05) is 25.1 Å². The molecule has 1 saturated carbocycles. The van der Waals surface area contributed by atoms with E-state index in [2.05, 4.69) is 38.2 Å². The van der Waals surface area contributed by atoms with Crippen molar-refractivity contribution >= 4 is 23.3 Å². The molecule has 2 N–H and O–H groups in total. The molecule has 8 heteroatoms. The first-order valence-electron chi connectivity index (χ1n) is 17.0. The average molecular weight is 645 g/mol. The first-order valence-corrected chi connectivity index (χ1v) is 17.4. The lowest BCUT2D eigenvalue weighted by Gasteiger charge is -2.47. The third-order valence-electron chi connectivity index (χ3n) is 11.3. The lowest BCUT2D eigenvalue weighted by Crippen LogP contribution is -2.53. The van der Waals surface area contributed by atoms with Gasteiger partial charge in [-0.05, 0) is 128 Å². The van der Waals surface area contributed by atoms with E-state index in [-0.39, 0.29) is 5.41 Å². The molecule has 0 unspecified atom stereocenters. The molecule has 1 fully saturated rings. The summed E-state index contributed by atoms with van der Waals surface area (Å²) in [5, 5.41) is 14.5. The summed E-state index contributed by atoms with van der Waals surface area (Å²) in [4.78, 5) is 17.6. The number of hydrogen-bond acceptors (Lipinski definition) is 6. The van der Waals surface area contributed by atoms with Crippen molar-refractivity contribution in [2.45, 2.75) is 94.9 Å². The number of nitrogens with one attached hydrogen (secondary N) is 1. The number of aliphatic carboxylic acids is 1. The topological polar surface area (TPSA) is 89.9 Å². The van der Waals surface area contributed by atoms with E-state index in [0.29, 0.717) is 61.4 Å². The Labute approximate surface area is 277 Å². The zero-order chi connectivity index (χ0) is 32.1. The fourth-order valence-electron chi connectivity index (χ4n) is 8.84. The molecule has 0 amide bonds. The van der Waals surface area contributed by atoms with E-state index in [1.54, 1.807) is 12.1 Å². The number of halogens is 1. The molecule has 4 aliphatic rings. The SMILES string of the molecule is C[C@@H](COc1ccnc2c1[C@H](C)CC[C@H]2C)C[C@H]1Cc2cc3c(cc2C12CCC(Nc1cccc(Cl)c1)(C(=O)O)CC2)OCCO3. The van der Waals surface area contributed by atoms with Crippen LogP contribution in [-0.4, -0.2) is 41.4 Å². The maximum Gasteiger partial charge on any atom is 0.329 e. The summed E-state index contributed by atoms with van der Waals surface area (Å²) < 4.78 is 18.6. The van der Waals surface area contributed by atoms with Crippen LogP contribution in [0.1, 0.15) is 99.9 Å². The number of anilines is 1. The van der Waals surface area contributed by atoms with Gasteiger partial charge in [-0.2, -0.15) is 0 Å². The van der Waals surface area contributed by atoms with Gasteiger partial charge in [0, 0.05) is 22.5 Å². The van der Waals surface area contributed by atoms with E-state index in [4.69, 9.17) is 30.8 Å². The minimum absolute atomic E-state index is 0.145. The molecule has 7 rings (SSSR count). The quantitative estimate of drug-likeness (QED) is 0.254. The number of benzene rings is 2. The van der Waals surface area contributed by atoms with Crippen molar-refractivity contribution in [3.8, 4) is 17.2 Å². The van der Waals surface area contributed by atoms with Gasteiger partial charge in [-0.1, -0.05) is 38.4 Å². The first kappa shape index (κ1) is 31.2. The Balaban J connectivity index is 1.14. The predicted octanol–water partition coefficient (Wildman–Crippen LogP) is 8.53. The first-order chi connectivity index (χ1) is 22.2. The second kappa shape index (κ2) is 12.3. The van der Waals surface area contributed by atoms with Gasteiger partial charge in [0.05, 0.1) is 12.3 Å². The van der Waals surface area contributed by atoms with E-state index >= 15 is 0 Å². The Morgan fingerprint density at radius 3 is 2.54 bits per heavy atom. The van der Waals surface area contributed by atoms with Crippen LogP contribution in [0.4, 0.5) is 5.69 Å². The molecule has 7 nitrogen and oxygen atoms in total. The minimum Gasteiger partial charge on any atom is -0.493 e. The van der Waals surface area contributed by atoms with Crippen LogP contribution in [0.25, 0.3) is 0 Å². The summed E-state index contributed by atoms with van der Waals surface area (Å²) >= 11 is 6.26. The molecule has 1 aliphatic heterocycles. The standard InChI is InChI=1S/C38H45ClN2O5/c1-23(22-46-31-9-14-40-35-25(3)8-7-24(2)34(31)35)17-27-18-26-19-32-33(45-16-15-44-32)21-30(26)37(27)10-12-38(13-11-37,36(42)43)41-29-6-4-5-28(39)20-29/h4-6,9,14,19-21,23-25,27,41H,7-8,10-13,15-18,22H2,1-3H3,(H,42,43)/t23-,24-,25-,27+,37?,38?/m1/s1. The molecule has 46 heavy (non-hydrogen) atoms. The maximum atomic E-state index is 12.9. The smallest absolute Gasteiger partial charge is 0.329 e. The number of carboxylic acid groups (broad SMARTS) is 1. The highest BCUT2D eigenvalue weighted by Gasteiger charge is 2.54. The van der Waals surface area contributed by atoms with Crippen molar-refractivity contribution in [3.05, 3.63) is 76.1 Å². The van der Waals surface area contributed by atoms with Crippen molar-refractivity contribution in [3.63, 3.8) is 0 Å². The Bertz CT molecular complexity index is 1620. The molecule has 244 valence electrons. The molecule has 2 aromatic carbocycles. The highest BCUT2D eigenvalue weighted by molar-refractivity contribution is 6.30. The fraction of sp³-hybridized carbons (Fsp3) is 0.526. The summed E-state index contributed by atoms with van der Waals surface area (Å²) in [6.07, 6.45) is 8.73. The van der Waals surface area contributed by atoms with E-state index in [0.717, 1.165) is 55.0 Å². The Hall–Kier alpha value is -3.45. The number of ether oxygens (including phenoxy) is 3. The summed E-state index contributed by atoms with van der Waals surface area (Å²) in [7, 11) is 0. The van der Waals surface area contributed by atoms with Gasteiger partial charge in [-0.25, -0.2) is 4.79 Å². The van der Waals surface area contributed by atoms with Gasteiger partial charge in [0.15, 0.2) is 11.5 Å². The Kier molecular flexibility index (Phi) is 8.33. The largest absolute Gasteiger partial charge is 0.493 e. The highest BCUT2D eigenvalue weighted by atomic mass is 35.5. The summed E-state index contributed by atoms with van der Waals surface area (Å²) in [6.45, 7) is 8.58. The second-order valence-electron chi connectivity index (χ2n) is 14.4. The van der Waals surface area contributed by atoms with Crippen LogP contribution in [0.15, 0.2) is 48.7 Å². The van der Waals surface area contributed by atoms with Gasteiger partial charge in [0.25, 0.3) is 0 Å². The van der Waals surface area contributed by atoms with Crippen LogP contribution in [0.3, 0.4) is 0 Å². The minimum atomic E-state index is -1.06. The molecule has 2 heterocycles. The van der Waals surface area contributed by atoms with Crippen LogP contribution in [-0.2, 0) is 16.6 Å². The average Bonchev–Trinajstić information content (AvgIpc) is 3.32. The summed E-state index contributed by atoms with van der Waals surface area (Å²) in [5.41, 5.74) is 4.63. The molecular weight excluding hydrogens is 600 g/mol. The monoisotopic (exact) mass is 644 g/mol. The van der Waals surface area contributed by atoms with E-state index in [9.17, 15) is 9.90 Å². The molecule has 3 aliphatic carbocycles. The van der Waals surface area contributed by atoms with Gasteiger partial charge in [-0.3, -0.25) is 4.98 Å². The number of nitrogens with zero attached hydrogens (tertiary/aromatic N) is 1. The fourth-order valence-corrected chi connectivity index (χ4v) is 9.03. The van der Waals surface area contributed by atoms with Crippen molar-refractivity contribution in [1.82, 2.24) is 4.98 Å². The zero-order valence-electron chi connectivity index (χ0n) is 27.1. The number of rotatable bonds is 8. The van der Waals surface area contributed by atoms with Crippen molar-refractivity contribution in [1.29, 1.82) is 0 Å². The summed E-state index contributed by atoms with van der Waals surface area (Å²) in [6, 6.07) is 13.8. The number of aromatic nitrogens is 1. The lowest BCUT2D eigenvalue weighted by molar-refractivity contribution is -0.144. The number of hydrogen-bond donors (Lipinski definition) is 2. The lowest BCUT2D eigenvalue weighted by atomic mass is 9.59. The molecule has 0 radical (unpaired) electrons. The van der Waals surface area contributed by atoms with Crippen molar-refractivity contribution in [2.24, 2.45) is 11.8 Å². The number of carboxylic acids is 1. The van der Waals surface area contributed by atoms with Gasteiger partial charge < -0.3 is 24.6 Å². The van der Waals surface area contributed by atoms with Crippen LogP contribution in [0, 0.1) is 11.8 Å². The van der Waals surface area contributed by atoms with Gasteiger partial charge >= 0.3 is 5.97 Å². The second-order valence-corrected chi connectivity index (χ2v) is 14.8. The van der Waals surface area contributed by atoms with E-state index in [1.807, 2.05) is 24.4 Å². The van der Waals surface area contributed by atoms with Crippen LogP contribution in [0.5, 0.6) is 17.2 Å². The van der Waals surface area contributed by atoms with Gasteiger partial charge in [0.1, 0.15) is 24.5 Å². The molecule has 0 saturated heterocycles. The highest BCUT2D eigenvalue weighted by Crippen LogP contribution is 2.58. The van der Waals surface area contributed by atoms with E-state index in [1.165, 1.54) is 28.8 Å². The normalized spacial score (nSPS) is 28.7. The Morgan fingerprint density at radius 2 is 1.80 bits per heavy atom. The number of fused-ring (bicyclic) bond motifs is 4. The molecule has 1 spiro atoms. The number of carbonyl (C=O) groups is 1. The molecule has 4 atom stereocenters. The van der Waals surface area contributed by atoms with Crippen LogP contribution < -0.4 is 19.5 Å². The third kappa shape index (κ3) is 5.59. The van der Waals surface area contributed by atoms with E-state index < -0.39 is 11.5 Å². The van der Waals surface area contributed by atoms with Crippen molar-refractivity contribution < 1.29 is 24.1 Å². The van der Waals surface area contributed by atoms with Gasteiger partial charge in [0.2, 0.25) is 0 Å². The Morgan fingerprint density at radius 1 is 1.07 bits per heavy atom. The molecule has 3 aromatic rings. The maximum absolute atomic E-state index is 12.9. The number of pyridine rings is 1. The summed E-state index contributed by atoms with van der Waals surface area (Å²) in [5.74, 6) is 3.37. The predicted molar refractivity (Wildman–Crippen MR) is 180 cm³/mol.